The van der Waals surface area contributed by atoms with Gasteiger partial charge in [-0.25, -0.2) is 4.98 Å². The lowest BCUT2D eigenvalue weighted by Gasteiger charge is -2.06. The molecule has 0 saturated carbocycles. The quantitative estimate of drug-likeness (QED) is 0.896. The van der Waals surface area contributed by atoms with Gasteiger partial charge in [-0.2, -0.15) is 0 Å². The lowest BCUT2D eigenvalue weighted by Crippen LogP contribution is -2.00. The minimum absolute atomic E-state index is 0.597. The van der Waals surface area contributed by atoms with Gasteiger partial charge in [-0.1, -0.05) is 17.7 Å². The van der Waals surface area contributed by atoms with E-state index in [1.165, 1.54) is 22.5 Å². The van der Waals surface area contributed by atoms with Crippen LogP contribution >= 0.6 is 22.9 Å². The van der Waals surface area contributed by atoms with Crippen molar-refractivity contribution in [3.63, 3.8) is 0 Å². The van der Waals surface area contributed by atoms with E-state index in [-0.39, 0.29) is 0 Å². The highest BCUT2D eigenvalue weighted by Gasteiger charge is 2.09. The zero-order chi connectivity index (χ0) is 11.7. The number of benzene rings is 1. The molecular weight excluding hydrogens is 254 g/mol. The molecule has 0 radical (unpaired) electrons. The Morgan fingerprint density at radius 3 is 3.06 bits per heavy atom. The van der Waals surface area contributed by atoms with E-state index in [2.05, 4.69) is 33.8 Å². The number of fused-ring (bicyclic) bond motifs is 1. The zero-order valence-corrected chi connectivity index (χ0v) is 10.7. The van der Waals surface area contributed by atoms with Crippen LogP contribution in [0.15, 0.2) is 24.4 Å². The summed E-state index contributed by atoms with van der Waals surface area (Å²) in [7, 11) is 0. The Morgan fingerprint density at radius 1 is 1.35 bits per heavy atom. The highest BCUT2D eigenvalue weighted by Crippen LogP contribution is 2.22. The lowest BCUT2D eigenvalue weighted by molar-refractivity contribution is 0.765. The predicted octanol–water partition coefficient (Wildman–Crippen LogP) is 3.01. The Labute approximate surface area is 109 Å². The summed E-state index contributed by atoms with van der Waals surface area (Å²) in [6, 6.07) is 6.50. The average molecular weight is 266 g/mol. The molecule has 1 aliphatic rings. The Balaban J connectivity index is 1.69. The van der Waals surface area contributed by atoms with E-state index < -0.39 is 0 Å². The van der Waals surface area contributed by atoms with Crippen LogP contribution in [-0.2, 0) is 19.6 Å². The van der Waals surface area contributed by atoms with E-state index in [1.807, 2.05) is 6.20 Å². The van der Waals surface area contributed by atoms with E-state index in [0.717, 1.165) is 30.2 Å². The molecule has 2 heterocycles. The average Bonchev–Trinajstić information content (AvgIpc) is 2.94. The molecule has 17 heavy (non-hydrogen) atoms. The Bertz CT molecular complexity index is 538. The van der Waals surface area contributed by atoms with Gasteiger partial charge >= 0.3 is 0 Å². The third-order valence-electron chi connectivity index (χ3n) is 2.83. The maximum atomic E-state index is 5.79. The summed E-state index contributed by atoms with van der Waals surface area (Å²) in [6.07, 6.45) is 1.81. The molecule has 1 aliphatic heterocycles. The number of hydrogen-bond acceptors (Lipinski definition) is 4. The van der Waals surface area contributed by atoms with Gasteiger partial charge in [-0.05, 0) is 23.3 Å². The molecule has 0 unspecified atom stereocenters. The first-order chi connectivity index (χ1) is 8.31. The van der Waals surface area contributed by atoms with Gasteiger partial charge in [0.25, 0.3) is 0 Å². The summed E-state index contributed by atoms with van der Waals surface area (Å²) in [5.74, 6) is 0. The van der Waals surface area contributed by atoms with Crippen molar-refractivity contribution < 1.29 is 0 Å². The van der Waals surface area contributed by atoms with Gasteiger partial charge in [-0.15, -0.1) is 11.3 Å². The third kappa shape index (κ3) is 2.44. The third-order valence-corrected chi connectivity index (χ3v) is 3.94. The zero-order valence-electron chi connectivity index (χ0n) is 9.16. The van der Waals surface area contributed by atoms with Crippen LogP contribution in [0.25, 0.3) is 0 Å². The van der Waals surface area contributed by atoms with Gasteiger partial charge < -0.3 is 10.6 Å². The molecule has 1 aromatic carbocycles. The van der Waals surface area contributed by atoms with Crippen molar-refractivity contribution in [1.29, 1.82) is 0 Å². The summed E-state index contributed by atoms with van der Waals surface area (Å²) < 4.78 is 0.597. The van der Waals surface area contributed by atoms with Crippen LogP contribution in [0, 0.1) is 0 Å². The fourth-order valence-electron chi connectivity index (χ4n) is 1.96. The highest BCUT2D eigenvalue weighted by molar-refractivity contribution is 7.15. The minimum atomic E-state index is 0.597. The van der Waals surface area contributed by atoms with Crippen LogP contribution in [0.2, 0.25) is 4.47 Å². The molecule has 0 atom stereocenters. The fourth-order valence-corrected chi connectivity index (χ4v) is 2.88. The molecular formula is C12H12ClN3S. The van der Waals surface area contributed by atoms with Gasteiger partial charge in [0, 0.05) is 29.9 Å². The summed E-state index contributed by atoms with van der Waals surface area (Å²) >= 11 is 7.30. The Morgan fingerprint density at radius 2 is 2.24 bits per heavy atom. The van der Waals surface area contributed by atoms with Crippen molar-refractivity contribution >= 4 is 28.6 Å². The standard InChI is InChI=1S/C12H12ClN3S/c13-12-16-7-11(17-12)6-15-10-2-1-8-4-14-5-9(8)3-10/h1-3,7,14-15H,4-6H2. The molecule has 88 valence electrons. The molecule has 0 amide bonds. The molecule has 2 aromatic rings. The lowest BCUT2D eigenvalue weighted by atomic mass is 10.1. The van der Waals surface area contributed by atoms with Crippen LogP contribution < -0.4 is 10.6 Å². The first-order valence-electron chi connectivity index (χ1n) is 5.48. The number of halogens is 1. The molecule has 0 fully saturated rings. The normalized spacial score (nSPS) is 13.7. The second kappa shape index (κ2) is 4.64. The van der Waals surface area contributed by atoms with Gasteiger partial charge in [0.15, 0.2) is 4.47 Å². The first-order valence-corrected chi connectivity index (χ1v) is 6.67. The van der Waals surface area contributed by atoms with Crippen molar-refractivity contribution in [3.8, 4) is 0 Å². The molecule has 1 aromatic heterocycles. The maximum Gasteiger partial charge on any atom is 0.183 e. The number of nitrogens with one attached hydrogen (secondary N) is 2. The SMILES string of the molecule is Clc1ncc(CNc2ccc3c(c2)CNC3)s1. The Hall–Kier alpha value is -1.10. The maximum absolute atomic E-state index is 5.79. The molecule has 0 spiro atoms. The van der Waals surface area contributed by atoms with Crippen molar-refractivity contribution in [3.05, 3.63) is 44.9 Å². The fraction of sp³-hybridized carbons (Fsp3) is 0.250. The number of aromatic nitrogens is 1. The van der Waals surface area contributed by atoms with E-state index in [0.29, 0.717) is 4.47 Å². The number of thiazole rings is 1. The van der Waals surface area contributed by atoms with Gasteiger partial charge in [-0.3, -0.25) is 0 Å². The first kappa shape index (κ1) is 11.0. The number of anilines is 1. The summed E-state index contributed by atoms with van der Waals surface area (Å²) in [5.41, 5.74) is 3.94. The summed E-state index contributed by atoms with van der Waals surface area (Å²) in [5, 5.41) is 6.73. The monoisotopic (exact) mass is 265 g/mol. The predicted molar refractivity (Wildman–Crippen MR) is 71.4 cm³/mol. The summed E-state index contributed by atoms with van der Waals surface area (Å²) in [6.45, 7) is 2.73. The van der Waals surface area contributed by atoms with Crippen LogP contribution in [0.1, 0.15) is 16.0 Å². The van der Waals surface area contributed by atoms with Crippen molar-refractivity contribution in [1.82, 2.24) is 10.3 Å². The highest BCUT2D eigenvalue weighted by atomic mass is 35.5. The van der Waals surface area contributed by atoms with E-state index in [9.17, 15) is 0 Å². The second-order valence-electron chi connectivity index (χ2n) is 4.02. The minimum Gasteiger partial charge on any atom is -0.380 e. The second-order valence-corrected chi connectivity index (χ2v) is 5.72. The largest absolute Gasteiger partial charge is 0.380 e. The van der Waals surface area contributed by atoms with Crippen molar-refractivity contribution in [2.24, 2.45) is 0 Å². The van der Waals surface area contributed by atoms with Crippen LogP contribution in [0.4, 0.5) is 5.69 Å². The number of nitrogens with zero attached hydrogens (tertiary/aromatic N) is 1. The smallest absolute Gasteiger partial charge is 0.183 e. The Kier molecular flexibility index (Phi) is 3.01. The molecule has 3 rings (SSSR count). The molecule has 5 heteroatoms. The van der Waals surface area contributed by atoms with E-state index in [4.69, 9.17) is 11.6 Å². The number of hydrogen-bond donors (Lipinski definition) is 2. The van der Waals surface area contributed by atoms with Crippen molar-refractivity contribution in [2.45, 2.75) is 19.6 Å². The van der Waals surface area contributed by atoms with E-state index >= 15 is 0 Å². The molecule has 2 N–H and O–H groups in total. The van der Waals surface area contributed by atoms with Crippen LogP contribution in [-0.4, -0.2) is 4.98 Å². The van der Waals surface area contributed by atoms with Gasteiger partial charge in [0.2, 0.25) is 0 Å². The van der Waals surface area contributed by atoms with Gasteiger partial charge in [0.05, 0.1) is 6.54 Å². The summed E-state index contributed by atoms with van der Waals surface area (Å²) in [4.78, 5) is 5.17. The topological polar surface area (TPSA) is 37.0 Å². The molecule has 0 saturated heterocycles. The molecule has 0 bridgehead atoms. The molecule has 3 nitrogen and oxygen atoms in total. The van der Waals surface area contributed by atoms with Crippen LogP contribution in [0.3, 0.4) is 0 Å². The number of rotatable bonds is 3. The molecule has 0 aliphatic carbocycles. The van der Waals surface area contributed by atoms with E-state index in [1.54, 1.807) is 0 Å². The van der Waals surface area contributed by atoms with Crippen LogP contribution in [0.5, 0.6) is 0 Å². The van der Waals surface area contributed by atoms with Crippen molar-refractivity contribution in [2.75, 3.05) is 5.32 Å². The van der Waals surface area contributed by atoms with Gasteiger partial charge in [0.1, 0.15) is 0 Å².